The maximum absolute atomic E-state index is 12.6. The summed E-state index contributed by atoms with van der Waals surface area (Å²) in [7, 11) is 1.59. The van der Waals surface area contributed by atoms with Crippen molar-refractivity contribution in [2.24, 2.45) is 23.7 Å². The summed E-state index contributed by atoms with van der Waals surface area (Å²) in [6.45, 7) is 0. The topological polar surface area (TPSA) is 64.6 Å². The van der Waals surface area contributed by atoms with Gasteiger partial charge in [0, 0.05) is 17.7 Å². The summed E-state index contributed by atoms with van der Waals surface area (Å²) in [4.78, 5) is 24.5. The number of rotatable bonds is 3. The Morgan fingerprint density at radius 3 is 3.05 bits per heavy atom. The van der Waals surface area contributed by atoms with Crippen LogP contribution in [0.3, 0.4) is 0 Å². The number of methoxy groups -OCH3 is 1. The SMILES string of the molecule is COc1cccc(NC(=O)[C@H]2[C@@H]3C[C@H]4[C@H]2C(=O)O[C@H]4C3)c1. The minimum atomic E-state index is -0.243. The number of carbonyl (C=O) groups is 2. The summed E-state index contributed by atoms with van der Waals surface area (Å²) in [5.41, 5.74) is 0.699. The van der Waals surface area contributed by atoms with Crippen LogP contribution in [0.25, 0.3) is 0 Å². The van der Waals surface area contributed by atoms with E-state index >= 15 is 0 Å². The van der Waals surface area contributed by atoms with Crippen LogP contribution in [0, 0.1) is 23.7 Å². The first-order valence-electron chi connectivity index (χ1n) is 7.33. The average Bonchev–Trinajstić information content (AvgIpc) is 3.08. The summed E-state index contributed by atoms with van der Waals surface area (Å²) >= 11 is 0. The molecule has 1 amide bonds. The quantitative estimate of drug-likeness (QED) is 0.861. The Balaban J connectivity index is 1.54. The van der Waals surface area contributed by atoms with E-state index in [-0.39, 0.29) is 41.7 Å². The lowest BCUT2D eigenvalue weighted by Gasteiger charge is -2.23. The summed E-state index contributed by atoms with van der Waals surface area (Å²) < 4.78 is 10.5. The standard InChI is InChI=1S/C16H17NO4/c1-20-10-4-2-3-9(7-10)17-15(18)13-8-5-11-12(6-8)21-16(19)14(11)13/h2-4,7-8,11-14H,5-6H2,1H3,(H,17,18)/t8-,11-,12+,13+,14-/m1/s1. The van der Waals surface area contributed by atoms with E-state index in [1.165, 1.54) is 0 Å². The molecule has 1 aromatic carbocycles. The Labute approximate surface area is 122 Å². The number of carbonyl (C=O) groups excluding carboxylic acids is 2. The van der Waals surface area contributed by atoms with Crippen LogP contribution in [0.2, 0.25) is 0 Å². The second-order valence-corrected chi connectivity index (χ2v) is 6.14. The molecular weight excluding hydrogens is 270 g/mol. The van der Waals surface area contributed by atoms with Gasteiger partial charge in [0.15, 0.2) is 0 Å². The Bertz CT molecular complexity index is 612. The van der Waals surface area contributed by atoms with Crippen LogP contribution in [-0.2, 0) is 14.3 Å². The Morgan fingerprint density at radius 2 is 2.24 bits per heavy atom. The van der Waals surface area contributed by atoms with E-state index in [0.29, 0.717) is 11.4 Å². The highest BCUT2D eigenvalue weighted by Crippen LogP contribution is 2.57. The lowest BCUT2D eigenvalue weighted by Crippen LogP contribution is -2.35. The number of fused-ring (bicyclic) bond motifs is 1. The molecule has 1 saturated heterocycles. The van der Waals surface area contributed by atoms with Crippen LogP contribution in [-0.4, -0.2) is 25.1 Å². The Hall–Kier alpha value is -2.04. The van der Waals surface area contributed by atoms with Gasteiger partial charge < -0.3 is 14.8 Å². The van der Waals surface area contributed by atoms with E-state index in [0.717, 1.165) is 12.8 Å². The molecule has 21 heavy (non-hydrogen) atoms. The number of esters is 1. The van der Waals surface area contributed by atoms with Gasteiger partial charge in [0.25, 0.3) is 0 Å². The molecule has 2 saturated carbocycles. The number of benzene rings is 1. The summed E-state index contributed by atoms with van der Waals surface area (Å²) in [6.07, 6.45) is 1.84. The fourth-order valence-corrected chi connectivity index (χ4v) is 4.29. The summed E-state index contributed by atoms with van der Waals surface area (Å²) in [5.74, 6) is 0.493. The van der Waals surface area contributed by atoms with Crippen LogP contribution < -0.4 is 10.1 Å². The lowest BCUT2D eigenvalue weighted by molar-refractivity contribution is -0.145. The van der Waals surface area contributed by atoms with Crippen molar-refractivity contribution >= 4 is 17.6 Å². The lowest BCUT2D eigenvalue weighted by atomic mass is 9.79. The summed E-state index contributed by atoms with van der Waals surface area (Å²) in [5, 5.41) is 2.92. The predicted octanol–water partition coefficient (Wildman–Crippen LogP) is 1.83. The fraction of sp³-hybridized carbons (Fsp3) is 0.500. The van der Waals surface area contributed by atoms with Gasteiger partial charge in [0.05, 0.1) is 18.9 Å². The molecule has 1 heterocycles. The first-order valence-corrected chi connectivity index (χ1v) is 7.33. The number of anilines is 1. The zero-order valence-corrected chi connectivity index (χ0v) is 11.7. The molecule has 5 nitrogen and oxygen atoms in total. The third-order valence-corrected chi connectivity index (χ3v) is 5.12. The predicted molar refractivity (Wildman–Crippen MR) is 74.7 cm³/mol. The van der Waals surface area contributed by atoms with Crippen molar-refractivity contribution in [2.75, 3.05) is 12.4 Å². The second kappa shape index (κ2) is 4.48. The molecule has 0 radical (unpaired) electrons. The zero-order valence-electron chi connectivity index (χ0n) is 11.7. The highest BCUT2D eigenvalue weighted by molar-refractivity contribution is 5.97. The molecule has 0 unspecified atom stereocenters. The Morgan fingerprint density at radius 1 is 1.38 bits per heavy atom. The van der Waals surface area contributed by atoms with Gasteiger partial charge in [-0.25, -0.2) is 0 Å². The maximum atomic E-state index is 12.6. The van der Waals surface area contributed by atoms with Gasteiger partial charge >= 0.3 is 5.97 Å². The molecule has 3 fully saturated rings. The van der Waals surface area contributed by atoms with Gasteiger partial charge in [-0.15, -0.1) is 0 Å². The first-order chi connectivity index (χ1) is 10.2. The highest BCUT2D eigenvalue weighted by atomic mass is 16.6. The molecule has 110 valence electrons. The molecule has 0 aromatic heterocycles. The number of hydrogen-bond acceptors (Lipinski definition) is 4. The molecule has 2 aliphatic carbocycles. The van der Waals surface area contributed by atoms with E-state index in [1.54, 1.807) is 13.2 Å². The molecule has 2 bridgehead atoms. The highest BCUT2D eigenvalue weighted by Gasteiger charge is 2.63. The molecule has 3 aliphatic rings. The molecule has 4 rings (SSSR count). The number of hydrogen-bond donors (Lipinski definition) is 1. The van der Waals surface area contributed by atoms with Crippen LogP contribution in [0.5, 0.6) is 5.75 Å². The number of nitrogens with one attached hydrogen (secondary N) is 1. The number of amides is 1. The summed E-state index contributed by atoms with van der Waals surface area (Å²) in [6, 6.07) is 7.26. The van der Waals surface area contributed by atoms with Crippen molar-refractivity contribution in [1.29, 1.82) is 0 Å². The van der Waals surface area contributed by atoms with Gasteiger partial charge in [0.2, 0.25) is 5.91 Å². The van der Waals surface area contributed by atoms with Crippen molar-refractivity contribution in [3.63, 3.8) is 0 Å². The molecule has 1 aromatic rings. The third-order valence-electron chi connectivity index (χ3n) is 5.12. The third kappa shape index (κ3) is 1.83. The molecule has 5 heteroatoms. The first kappa shape index (κ1) is 12.7. The molecule has 0 spiro atoms. The van der Waals surface area contributed by atoms with Gasteiger partial charge in [0.1, 0.15) is 11.9 Å². The van der Waals surface area contributed by atoms with Crippen LogP contribution in [0.1, 0.15) is 12.8 Å². The largest absolute Gasteiger partial charge is 0.497 e. The van der Waals surface area contributed by atoms with E-state index in [9.17, 15) is 9.59 Å². The molecule has 5 atom stereocenters. The normalized spacial score (nSPS) is 35.7. The molecule has 1 N–H and O–H groups in total. The van der Waals surface area contributed by atoms with Gasteiger partial charge in [-0.05, 0) is 30.9 Å². The van der Waals surface area contributed by atoms with Crippen LogP contribution in [0.15, 0.2) is 24.3 Å². The smallest absolute Gasteiger partial charge is 0.310 e. The van der Waals surface area contributed by atoms with E-state index in [4.69, 9.17) is 9.47 Å². The van der Waals surface area contributed by atoms with Crippen molar-refractivity contribution in [3.05, 3.63) is 24.3 Å². The van der Waals surface area contributed by atoms with Crippen molar-refractivity contribution in [3.8, 4) is 5.75 Å². The van der Waals surface area contributed by atoms with Gasteiger partial charge in [-0.1, -0.05) is 6.07 Å². The van der Waals surface area contributed by atoms with E-state index in [1.807, 2.05) is 18.2 Å². The van der Waals surface area contributed by atoms with Crippen LogP contribution >= 0.6 is 0 Å². The van der Waals surface area contributed by atoms with E-state index < -0.39 is 0 Å². The molecule has 1 aliphatic heterocycles. The average molecular weight is 287 g/mol. The maximum Gasteiger partial charge on any atom is 0.310 e. The minimum absolute atomic E-state index is 0.0633. The van der Waals surface area contributed by atoms with Crippen molar-refractivity contribution in [1.82, 2.24) is 0 Å². The fourth-order valence-electron chi connectivity index (χ4n) is 4.29. The minimum Gasteiger partial charge on any atom is -0.497 e. The van der Waals surface area contributed by atoms with Gasteiger partial charge in [-0.3, -0.25) is 9.59 Å². The number of ether oxygens (including phenoxy) is 2. The zero-order chi connectivity index (χ0) is 14.6. The molecular formula is C16H17NO4. The van der Waals surface area contributed by atoms with Gasteiger partial charge in [-0.2, -0.15) is 0 Å². The Kier molecular flexibility index (Phi) is 2.71. The monoisotopic (exact) mass is 287 g/mol. The van der Waals surface area contributed by atoms with Crippen molar-refractivity contribution < 1.29 is 19.1 Å². The van der Waals surface area contributed by atoms with Crippen molar-refractivity contribution in [2.45, 2.75) is 18.9 Å². The van der Waals surface area contributed by atoms with Crippen LogP contribution in [0.4, 0.5) is 5.69 Å². The van der Waals surface area contributed by atoms with E-state index in [2.05, 4.69) is 5.32 Å². The second-order valence-electron chi connectivity index (χ2n) is 6.14.